The standard InChI is InChI=1S/C22H38N4O8/c1-22(2,3)34-21(30)24-8-10-32-12-11-31-9-4-5-15-6-7-23-20(25-15)26-16-14-33-17(13-27)19(29)18(16)28/h6-7,16-19,27-29H,4-5,8-14H2,1-3H3,(H,24,30)(H,23,25,26)/t16-,17+,18+,19-/m0/s1. The van der Waals surface area contributed by atoms with Gasteiger partial charge < -0.3 is 44.9 Å². The second-order valence-corrected chi connectivity index (χ2v) is 8.91. The van der Waals surface area contributed by atoms with Gasteiger partial charge in [-0.3, -0.25) is 0 Å². The molecular formula is C22H38N4O8. The molecule has 0 unspecified atom stereocenters. The van der Waals surface area contributed by atoms with E-state index in [2.05, 4.69) is 20.6 Å². The molecule has 1 saturated heterocycles. The number of aryl methyl sites for hydroxylation is 1. The Balaban J connectivity index is 1.55. The highest BCUT2D eigenvalue weighted by Crippen LogP contribution is 2.18. The second-order valence-electron chi connectivity index (χ2n) is 8.91. The van der Waals surface area contributed by atoms with E-state index in [1.54, 1.807) is 33.0 Å². The van der Waals surface area contributed by atoms with Crippen LogP contribution in [0.1, 0.15) is 32.9 Å². The minimum absolute atomic E-state index is 0.115. The van der Waals surface area contributed by atoms with Gasteiger partial charge >= 0.3 is 6.09 Å². The van der Waals surface area contributed by atoms with Crippen molar-refractivity contribution in [3.05, 3.63) is 18.0 Å². The van der Waals surface area contributed by atoms with E-state index in [1.165, 1.54) is 0 Å². The smallest absolute Gasteiger partial charge is 0.407 e. The Morgan fingerprint density at radius 2 is 1.91 bits per heavy atom. The van der Waals surface area contributed by atoms with E-state index < -0.39 is 36.0 Å². The van der Waals surface area contributed by atoms with Crippen LogP contribution < -0.4 is 10.6 Å². The van der Waals surface area contributed by atoms with Crippen LogP contribution in [-0.2, 0) is 25.4 Å². The SMILES string of the molecule is CC(C)(C)OC(=O)NCCOCCOCCCc1ccnc(N[C@H]2CO[C@H](CO)[C@H](O)[C@@H]2O)n1. The maximum Gasteiger partial charge on any atom is 0.407 e. The van der Waals surface area contributed by atoms with Crippen LogP contribution in [0, 0.1) is 0 Å². The molecule has 1 amide bonds. The molecule has 1 fully saturated rings. The van der Waals surface area contributed by atoms with Crippen LogP contribution in [0.25, 0.3) is 0 Å². The number of nitrogens with zero attached hydrogens (tertiary/aromatic N) is 2. The Kier molecular flexibility index (Phi) is 11.9. The molecule has 1 aromatic heterocycles. The van der Waals surface area contributed by atoms with E-state index in [-0.39, 0.29) is 13.2 Å². The summed E-state index contributed by atoms with van der Waals surface area (Å²) in [6.07, 6.45) is -0.525. The third-order valence-electron chi connectivity index (χ3n) is 4.85. The predicted molar refractivity (Wildman–Crippen MR) is 122 cm³/mol. The van der Waals surface area contributed by atoms with Gasteiger partial charge in [-0.25, -0.2) is 14.8 Å². The lowest BCUT2D eigenvalue weighted by Gasteiger charge is -2.37. The maximum atomic E-state index is 11.5. The number of aromatic nitrogens is 2. The van der Waals surface area contributed by atoms with Gasteiger partial charge in [-0.2, -0.15) is 0 Å². The number of carbonyl (C=O) groups is 1. The number of alkyl carbamates (subject to hydrolysis) is 1. The predicted octanol–water partition coefficient (Wildman–Crippen LogP) is -0.139. The minimum Gasteiger partial charge on any atom is -0.444 e. The number of aliphatic hydroxyl groups is 3. The molecule has 1 aromatic rings. The first-order valence-electron chi connectivity index (χ1n) is 11.5. The van der Waals surface area contributed by atoms with Gasteiger partial charge in [0.15, 0.2) is 0 Å². The van der Waals surface area contributed by atoms with E-state index in [4.69, 9.17) is 24.1 Å². The van der Waals surface area contributed by atoms with E-state index in [0.717, 1.165) is 12.1 Å². The van der Waals surface area contributed by atoms with Crippen molar-refractivity contribution in [1.29, 1.82) is 0 Å². The fourth-order valence-electron chi connectivity index (χ4n) is 3.16. The average Bonchev–Trinajstić information content (AvgIpc) is 2.77. The van der Waals surface area contributed by atoms with Crippen LogP contribution >= 0.6 is 0 Å². The molecule has 0 aliphatic carbocycles. The molecular weight excluding hydrogens is 448 g/mol. The second kappa shape index (κ2) is 14.3. The fourth-order valence-corrected chi connectivity index (χ4v) is 3.16. The monoisotopic (exact) mass is 486 g/mol. The molecule has 0 radical (unpaired) electrons. The minimum atomic E-state index is -1.19. The Bertz CT molecular complexity index is 733. The molecule has 34 heavy (non-hydrogen) atoms. The van der Waals surface area contributed by atoms with Gasteiger partial charge in [0.25, 0.3) is 0 Å². The third kappa shape index (κ3) is 10.5. The van der Waals surface area contributed by atoms with Crippen molar-refractivity contribution in [2.75, 3.05) is 51.5 Å². The lowest BCUT2D eigenvalue weighted by atomic mass is 9.98. The van der Waals surface area contributed by atoms with Crippen molar-refractivity contribution in [2.24, 2.45) is 0 Å². The Morgan fingerprint density at radius 1 is 1.18 bits per heavy atom. The highest BCUT2D eigenvalue weighted by atomic mass is 16.6. The number of rotatable bonds is 13. The molecule has 12 nitrogen and oxygen atoms in total. The zero-order valence-electron chi connectivity index (χ0n) is 20.1. The number of amides is 1. The summed E-state index contributed by atoms with van der Waals surface area (Å²) in [7, 11) is 0. The van der Waals surface area contributed by atoms with Crippen molar-refractivity contribution in [3.8, 4) is 0 Å². The molecule has 12 heteroatoms. The molecule has 1 aliphatic rings. The third-order valence-corrected chi connectivity index (χ3v) is 4.85. The number of hydrogen-bond donors (Lipinski definition) is 5. The highest BCUT2D eigenvalue weighted by Gasteiger charge is 2.38. The van der Waals surface area contributed by atoms with Crippen molar-refractivity contribution >= 4 is 12.0 Å². The van der Waals surface area contributed by atoms with E-state index in [9.17, 15) is 15.0 Å². The first kappa shape index (κ1) is 28.1. The van der Waals surface area contributed by atoms with Crippen LogP contribution in [0.4, 0.5) is 10.7 Å². The lowest BCUT2D eigenvalue weighted by molar-refractivity contribution is -0.152. The summed E-state index contributed by atoms with van der Waals surface area (Å²) >= 11 is 0. The topological polar surface area (TPSA) is 165 Å². The summed E-state index contributed by atoms with van der Waals surface area (Å²) in [5, 5.41) is 35.0. The van der Waals surface area contributed by atoms with Gasteiger partial charge in [0.1, 0.15) is 23.9 Å². The van der Waals surface area contributed by atoms with Gasteiger partial charge in [0.05, 0.1) is 39.1 Å². The summed E-state index contributed by atoms with van der Waals surface area (Å²) < 4.78 is 21.5. The molecule has 0 aromatic carbocycles. The van der Waals surface area contributed by atoms with Gasteiger partial charge in [-0.15, -0.1) is 0 Å². The lowest BCUT2D eigenvalue weighted by Crippen LogP contribution is -2.56. The summed E-state index contributed by atoms with van der Waals surface area (Å²) in [6, 6.07) is 1.21. The van der Waals surface area contributed by atoms with Crippen LogP contribution in [0.3, 0.4) is 0 Å². The summed E-state index contributed by atoms with van der Waals surface area (Å²) in [6.45, 7) is 7.31. The van der Waals surface area contributed by atoms with E-state index in [0.29, 0.717) is 45.3 Å². The first-order chi connectivity index (χ1) is 16.2. The van der Waals surface area contributed by atoms with Crippen LogP contribution in [-0.4, -0.2) is 108 Å². The van der Waals surface area contributed by atoms with Crippen molar-refractivity contribution in [1.82, 2.24) is 15.3 Å². The zero-order valence-corrected chi connectivity index (χ0v) is 20.1. The van der Waals surface area contributed by atoms with Crippen LogP contribution in [0.2, 0.25) is 0 Å². The van der Waals surface area contributed by atoms with Gasteiger partial charge in [-0.1, -0.05) is 0 Å². The number of carbonyl (C=O) groups excluding carboxylic acids is 1. The zero-order chi connectivity index (χ0) is 25.0. The molecule has 0 bridgehead atoms. The summed E-state index contributed by atoms with van der Waals surface area (Å²) in [4.78, 5) is 20.1. The van der Waals surface area contributed by atoms with Gasteiger partial charge in [-0.05, 0) is 39.7 Å². The maximum absolute atomic E-state index is 11.5. The van der Waals surface area contributed by atoms with Crippen molar-refractivity contribution in [2.45, 2.75) is 63.6 Å². The number of ether oxygens (including phenoxy) is 4. The fraction of sp³-hybridized carbons (Fsp3) is 0.773. The number of nitrogens with one attached hydrogen (secondary N) is 2. The molecule has 5 N–H and O–H groups in total. The molecule has 0 saturated carbocycles. The van der Waals surface area contributed by atoms with Gasteiger partial charge in [0.2, 0.25) is 5.95 Å². The highest BCUT2D eigenvalue weighted by molar-refractivity contribution is 5.67. The average molecular weight is 487 g/mol. The summed E-state index contributed by atoms with van der Waals surface area (Å²) in [5.41, 5.74) is 0.287. The van der Waals surface area contributed by atoms with Crippen molar-refractivity contribution in [3.63, 3.8) is 0 Å². The van der Waals surface area contributed by atoms with Crippen LogP contribution in [0.5, 0.6) is 0 Å². The molecule has 1 aliphatic heterocycles. The van der Waals surface area contributed by atoms with Crippen LogP contribution in [0.15, 0.2) is 12.3 Å². The number of anilines is 1. The van der Waals surface area contributed by atoms with E-state index >= 15 is 0 Å². The largest absolute Gasteiger partial charge is 0.444 e. The molecule has 0 spiro atoms. The van der Waals surface area contributed by atoms with E-state index in [1.807, 2.05) is 0 Å². The Hall–Kier alpha value is -2.09. The normalized spacial score (nSPS) is 22.9. The Labute approximate surface area is 200 Å². The molecule has 2 heterocycles. The Morgan fingerprint density at radius 3 is 2.62 bits per heavy atom. The molecule has 2 rings (SSSR count). The molecule has 194 valence electrons. The summed E-state index contributed by atoms with van der Waals surface area (Å²) in [5.74, 6) is 0.328. The first-order valence-corrected chi connectivity index (χ1v) is 11.5. The van der Waals surface area contributed by atoms with Gasteiger partial charge in [0, 0.05) is 25.0 Å². The quantitative estimate of drug-likeness (QED) is 0.236. The molecule has 4 atom stereocenters. The number of aliphatic hydroxyl groups excluding tert-OH is 3. The van der Waals surface area contributed by atoms with Crippen molar-refractivity contribution < 1.29 is 39.1 Å². The number of hydrogen-bond acceptors (Lipinski definition) is 11.